The van der Waals surface area contributed by atoms with Gasteiger partial charge in [-0.3, -0.25) is 0 Å². The Balaban J connectivity index is 1.96. The quantitative estimate of drug-likeness (QED) is 0.397. The van der Waals surface area contributed by atoms with Crippen LogP contribution in [0.2, 0.25) is 25.7 Å². The van der Waals surface area contributed by atoms with Crippen molar-refractivity contribution < 1.29 is 14.3 Å². The molecule has 0 aliphatic heterocycles. The van der Waals surface area contributed by atoms with Crippen LogP contribution in [-0.4, -0.2) is 37.0 Å². The van der Waals surface area contributed by atoms with Gasteiger partial charge in [0.15, 0.2) is 0 Å². The van der Waals surface area contributed by atoms with E-state index in [-0.39, 0.29) is 5.97 Å². The van der Waals surface area contributed by atoms with Crippen LogP contribution < -0.4 is 0 Å². The third-order valence-corrected chi connectivity index (χ3v) is 5.42. The summed E-state index contributed by atoms with van der Waals surface area (Å²) in [5.41, 5.74) is 1.48. The van der Waals surface area contributed by atoms with Crippen molar-refractivity contribution in [2.45, 2.75) is 58.6 Å². The van der Waals surface area contributed by atoms with Crippen molar-refractivity contribution in [2.24, 2.45) is 5.92 Å². The fraction of sp³-hybridized carbons (Fsp3) is 0.750. The van der Waals surface area contributed by atoms with Crippen LogP contribution in [-0.2, 0) is 22.6 Å². The Morgan fingerprint density at radius 3 is 2.73 bits per heavy atom. The molecule has 5 nitrogen and oxygen atoms in total. The molecule has 1 heterocycles. The maximum absolute atomic E-state index is 12.0. The predicted molar refractivity (Wildman–Crippen MR) is 88.7 cm³/mol. The topological polar surface area (TPSA) is 53.3 Å². The smallest absolute Gasteiger partial charge is 0.356 e. The molecule has 124 valence electrons. The third-order valence-electron chi connectivity index (χ3n) is 3.72. The second-order valence-corrected chi connectivity index (χ2v) is 12.9. The Bertz CT molecular complexity index is 504. The first-order valence-electron chi connectivity index (χ1n) is 8.20. The SMILES string of the molecule is CCOC(=O)c1cc(CC2CC2)nn1COCC[Si](C)(C)C. The summed E-state index contributed by atoms with van der Waals surface area (Å²) in [5, 5.41) is 4.53. The molecule has 0 spiro atoms. The number of carbonyl (C=O) groups is 1. The zero-order valence-corrected chi connectivity index (χ0v) is 15.2. The molecule has 0 bridgehead atoms. The van der Waals surface area contributed by atoms with Gasteiger partial charge in [-0.1, -0.05) is 19.6 Å². The maximum Gasteiger partial charge on any atom is 0.356 e. The van der Waals surface area contributed by atoms with Gasteiger partial charge in [0.25, 0.3) is 0 Å². The van der Waals surface area contributed by atoms with Crippen LogP contribution >= 0.6 is 0 Å². The van der Waals surface area contributed by atoms with E-state index in [0.29, 0.717) is 19.0 Å². The molecule has 0 amide bonds. The van der Waals surface area contributed by atoms with Gasteiger partial charge in [-0.05, 0) is 44.2 Å². The van der Waals surface area contributed by atoms with Crippen molar-refractivity contribution >= 4 is 14.0 Å². The zero-order chi connectivity index (χ0) is 16.2. The minimum Gasteiger partial charge on any atom is -0.461 e. The molecular weight excluding hydrogens is 296 g/mol. The van der Waals surface area contributed by atoms with Crippen LogP contribution in [0, 0.1) is 5.92 Å². The van der Waals surface area contributed by atoms with Crippen LogP contribution in [0.15, 0.2) is 6.07 Å². The van der Waals surface area contributed by atoms with Gasteiger partial charge in [0.1, 0.15) is 12.4 Å². The van der Waals surface area contributed by atoms with Gasteiger partial charge in [-0.25, -0.2) is 9.48 Å². The van der Waals surface area contributed by atoms with Crippen LogP contribution in [0.1, 0.15) is 35.9 Å². The molecule has 1 aliphatic carbocycles. The highest BCUT2D eigenvalue weighted by Crippen LogP contribution is 2.32. The molecule has 0 unspecified atom stereocenters. The average molecular weight is 324 g/mol. The number of ether oxygens (including phenoxy) is 2. The predicted octanol–water partition coefficient (Wildman–Crippen LogP) is 3.32. The van der Waals surface area contributed by atoms with Crippen molar-refractivity contribution in [3.05, 3.63) is 17.5 Å². The van der Waals surface area contributed by atoms with E-state index in [0.717, 1.165) is 30.7 Å². The van der Waals surface area contributed by atoms with Crippen LogP contribution in [0.4, 0.5) is 0 Å². The van der Waals surface area contributed by atoms with Gasteiger partial charge >= 0.3 is 5.97 Å². The van der Waals surface area contributed by atoms with Gasteiger partial charge < -0.3 is 9.47 Å². The van der Waals surface area contributed by atoms with Crippen molar-refractivity contribution in [1.82, 2.24) is 9.78 Å². The molecule has 1 saturated carbocycles. The fourth-order valence-corrected chi connectivity index (χ4v) is 2.94. The zero-order valence-electron chi connectivity index (χ0n) is 14.2. The lowest BCUT2D eigenvalue weighted by Crippen LogP contribution is -2.22. The highest BCUT2D eigenvalue weighted by Gasteiger charge is 2.25. The number of hydrogen-bond donors (Lipinski definition) is 0. The standard InChI is InChI=1S/C16H28N2O3Si/c1-5-21-16(19)15-11-14(10-13-6-7-13)17-18(15)12-20-8-9-22(2,3)4/h11,13H,5-10,12H2,1-4H3. The molecular formula is C16H28N2O3Si. The normalized spacial score (nSPS) is 15.1. The molecule has 0 N–H and O–H groups in total. The molecule has 6 heteroatoms. The number of esters is 1. The average Bonchev–Trinajstić information content (AvgIpc) is 3.13. The number of rotatable bonds is 9. The summed E-state index contributed by atoms with van der Waals surface area (Å²) in [7, 11) is -1.10. The molecule has 22 heavy (non-hydrogen) atoms. The molecule has 0 atom stereocenters. The van der Waals surface area contributed by atoms with Crippen molar-refractivity contribution in [3.63, 3.8) is 0 Å². The monoisotopic (exact) mass is 324 g/mol. The minimum absolute atomic E-state index is 0.314. The Morgan fingerprint density at radius 1 is 1.41 bits per heavy atom. The second kappa shape index (κ2) is 7.42. The van der Waals surface area contributed by atoms with E-state index in [2.05, 4.69) is 24.7 Å². The fourth-order valence-electron chi connectivity index (χ4n) is 2.18. The number of nitrogens with zero attached hydrogens (tertiary/aromatic N) is 2. The Labute approximate surface area is 134 Å². The van der Waals surface area contributed by atoms with Crippen LogP contribution in [0.25, 0.3) is 0 Å². The molecule has 0 aromatic carbocycles. The van der Waals surface area contributed by atoms with Crippen molar-refractivity contribution in [1.29, 1.82) is 0 Å². The molecule has 1 aromatic heterocycles. The van der Waals surface area contributed by atoms with E-state index in [1.807, 2.05) is 13.0 Å². The van der Waals surface area contributed by atoms with Crippen LogP contribution in [0.5, 0.6) is 0 Å². The summed E-state index contributed by atoms with van der Waals surface area (Å²) in [5.74, 6) is 0.428. The van der Waals surface area contributed by atoms with Crippen molar-refractivity contribution in [3.8, 4) is 0 Å². The molecule has 0 radical (unpaired) electrons. The van der Waals surface area contributed by atoms with E-state index < -0.39 is 8.07 Å². The van der Waals surface area contributed by atoms with E-state index in [4.69, 9.17) is 9.47 Å². The second-order valence-electron chi connectivity index (χ2n) is 7.24. The number of carbonyl (C=O) groups excluding carboxylic acids is 1. The summed E-state index contributed by atoms with van der Waals surface area (Å²) in [6.45, 7) is 10.2. The third kappa shape index (κ3) is 5.57. The molecule has 1 fully saturated rings. The van der Waals surface area contributed by atoms with Gasteiger partial charge in [0.2, 0.25) is 0 Å². The summed E-state index contributed by atoms with van der Waals surface area (Å²) in [6.07, 6.45) is 3.50. The van der Waals surface area contributed by atoms with E-state index in [1.165, 1.54) is 12.8 Å². The number of hydrogen-bond acceptors (Lipinski definition) is 4. The lowest BCUT2D eigenvalue weighted by atomic mass is 10.2. The van der Waals surface area contributed by atoms with Gasteiger partial charge in [-0.2, -0.15) is 5.10 Å². The van der Waals surface area contributed by atoms with E-state index in [1.54, 1.807) is 4.68 Å². The van der Waals surface area contributed by atoms with Crippen molar-refractivity contribution in [2.75, 3.05) is 13.2 Å². The summed E-state index contributed by atoms with van der Waals surface area (Å²) in [4.78, 5) is 12.0. The number of aromatic nitrogens is 2. The van der Waals surface area contributed by atoms with Crippen LogP contribution in [0.3, 0.4) is 0 Å². The largest absolute Gasteiger partial charge is 0.461 e. The van der Waals surface area contributed by atoms with E-state index >= 15 is 0 Å². The van der Waals surface area contributed by atoms with Gasteiger partial charge in [-0.15, -0.1) is 0 Å². The Morgan fingerprint density at radius 2 is 2.14 bits per heavy atom. The first-order chi connectivity index (χ1) is 10.4. The first-order valence-corrected chi connectivity index (χ1v) is 11.9. The Hall–Kier alpha value is -1.14. The molecule has 2 rings (SSSR count). The highest BCUT2D eigenvalue weighted by molar-refractivity contribution is 6.76. The molecule has 1 aliphatic rings. The first kappa shape index (κ1) is 17.2. The van der Waals surface area contributed by atoms with Gasteiger partial charge in [0.05, 0.1) is 12.3 Å². The highest BCUT2D eigenvalue weighted by atomic mass is 28.3. The molecule has 0 saturated heterocycles. The van der Waals surface area contributed by atoms with E-state index in [9.17, 15) is 4.79 Å². The summed E-state index contributed by atoms with van der Waals surface area (Å²) < 4.78 is 12.5. The maximum atomic E-state index is 12.0. The molecule has 1 aromatic rings. The minimum atomic E-state index is -1.10. The van der Waals surface area contributed by atoms with Gasteiger partial charge in [0, 0.05) is 14.7 Å². The Kier molecular flexibility index (Phi) is 5.80. The summed E-state index contributed by atoms with van der Waals surface area (Å²) in [6, 6.07) is 2.97. The lowest BCUT2D eigenvalue weighted by Gasteiger charge is -2.15. The summed E-state index contributed by atoms with van der Waals surface area (Å²) >= 11 is 0. The lowest BCUT2D eigenvalue weighted by molar-refractivity contribution is 0.0455.